The first-order chi connectivity index (χ1) is 11.2. The van der Waals surface area contributed by atoms with Crippen LogP contribution >= 0.6 is 0 Å². The Bertz CT molecular complexity index is 501. The second-order valence-electron chi connectivity index (χ2n) is 6.30. The lowest BCUT2D eigenvalue weighted by Crippen LogP contribution is -2.37. The quantitative estimate of drug-likeness (QED) is 0.543. The maximum atomic E-state index is 12.4. The van der Waals surface area contributed by atoms with E-state index in [9.17, 15) is 9.59 Å². The fraction of sp³-hybridized carbons (Fsp3) is 0.579. The number of nitrogens with one attached hydrogen (secondary N) is 2. The van der Waals surface area contributed by atoms with E-state index < -0.39 is 5.92 Å². The van der Waals surface area contributed by atoms with Crippen molar-refractivity contribution in [2.24, 2.45) is 5.92 Å². The maximum absolute atomic E-state index is 12.4. The van der Waals surface area contributed by atoms with Crippen molar-refractivity contribution < 1.29 is 9.59 Å². The third-order valence-corrected chi connectivity index (χ3v) is 4.52. The molecular formula is C19H28N2O2. The van der Waals surface area contributed by atoms with Gasteiger partial charge in [-0.25, -0.2) is 0 Å². The molecule has 2 N–H and O–H groups in total. The van der Waals surface area contributed by atoms with Gasteiger partial charge in [0.05, 0.1) is 0 Å². The molecule has 23 heavy (non-hydrogen) atoms. The van der Waals surface area contributed by atoms with Crippen LogP contribution in [-0.4, -0.2) is 24.9 Å². The summed E-state index contributed by atoms with van der Waals surface area (Å²) in [5, 5.41) is 5.77. The molecule has 0 unspecified atom stereocenters. The van der Waals surface area contributed by atoms with Gasteiger partial charge in [-0.3, -0.25) is 9.59 Å². The minimum absolute atomic E-state index is 0.0618. The molecule has 0 saturated carbocycles. The Kier molecular flexibility index (Phi) is 7.11. The summed E-state index contributed by atoms with van der Waals surface area (Å²) in [6.45, 7) is 3.41. The van der Waals surface area contributed by atoms with Gasteiger partial charge in [0, 0.05) is 19.0 Å². The molecular weight excluding hydrogens is 288 g/mol. The van der Waals surface area contributed by atoms with Crippen LogP contribution in [0.1, 0.15) is 56.9 Å². The van der Waals surface area contributed by atoms with Crippen molar-refractivity contribution in [3.8, 4) is 0 Å². The topological polar surface area (TPSA) is 58.2 Å². The summed E-state index contributed by atoms with van der Waals surface area (Å²) in [6, 6.07) is 9.81. The standard InChI is InChI=1S/C19H28N2O2/c1-2-3-4-5-6-10-13-20-18(22)17-16(14-21-19(17)23)15-11-8-7-9-12-15/h7-9,11-12,16-17H,2-6,10,13-14H2,1H3,(H,20,22)(H,21,23)/t16-,17-/m0/s1. The lowest BCUT2D eigenvalue weighted by molar-refractivity contribution is -0.133. The van der Waals surface area contributed by atoms with Crippen molar-refractivity contribution >= 4 is 11.8 Å². The van der Waals surface area contributed by atoms with Gasteiger partial charge in [-0.15, -0.1) is 0 Å². The summed E-state index contributed by atoms with van der Waals surface area (Å²) in [4.78, 5) is 24.4. The van der Waals surface area contributed by atoms with E-state index in [0.29, 0.717) is 13.1 Å². The average Bonchev–Trinajstić information content (AvgIpc) is 2.96. The second-order valence-corrected chi connectivity index (χ2v) is 6.30. The lowest BCUT2D eigenvalue weighted by Gasteiger charge is -2.17. The van der Waals surface area contributed by atoms with Crippen LogP contribution in [0.5, 0.6) is 0 Å². The van der Waals surface area contributed by atoms with Crippen LogP contribution in [0.25, 0.3) is 0 Å². The van der Waals surface area contributed by atoms with Crippen molar-refractivity contribution in [3.05, 3.63) is 35.9 Å². The Hall–Kier alpha value is -1.84. The minimum Gasteiger partial charge on any atom is -0.355 e. The average molecular weight is 316 g/mol. The number of hydrogen-bond acceptors (Lipinski definition) is 2. The number of carbonyl (C=O) groups excluding carboxylic acids is 2. The van der Waals surface area contributed by atoms with Crippen LogP contribution in [0, 0.1) is 5.92 Å². The molecule has 2 amide bonds. The van der Waals surface area contributed by atoms with Crippen LogP contribution < -0.4 is 10.6 Å². The van der Waals surface area contributed by atoms with E-state index >= 15 is 0 Å². The van der Waals surface area contributed by atoms with Gasteiger partial charge in [-0.2, -0.15) is 0 Å². The van der Waals surface area contributed by atoms with E-state index in [1.54, 1.807) is 0 Å². The zero-order chi connectivity index (χ0) is 16.5. The van der Waals surface area contributed by atoms with E-state index in [0.717, 1.165) is 18.4 Å². The van der Waals surface area contributed by atoms with E-state index in [4.69, 9.17) is 0 Å². The smallest absolute Gasteiger partial charge is 0.233 e. The van der Waals surface area contributed by atoms with Gasteiger partial charge in [-0.05, 0) is 12.0 Å². The molecule has 4 nitrogen and oxygen atoms in total. The van der Waals surface area contributed by atoms with Crippen LogP contribution in [-0.2, 0) is 9.59 Å². The fourth-order valence-corrected chi connectivity index (χ4v) is 3.16. The van der Waals surface area contributed by atoms with Crippen molar-refractivity contribution in [1.82, 2.24) is 10.6 Å². The molecule has 4 heteroatoms. The molecule has 0 radical (unpaired) electrons. The van der Waals surface area contributed by atoms with Gasteiger partial charge < -0.3 is 10.6 Å². The van der Waals surface area contributed by atoms with E-state index in [1.165, 1.54) is 25.7 Å². The highest BCUT2D eigenvalue weighted by Gasteiger charge is 2.40. The van der Waals surface area contributed by atoms with Gasteiger partial charge in [0.1, 0.15) is 5.92 Å². The van der Waals surface area contributed by atoms with Crippen molar-refractivity contribution in [3.63, 3.8) is 0 Å². The van der Waals surface area contributed by atoms with E-state index in [2.05, 4.69) is 17.6 Å². The SMILES string of the molecule is CCCCCCCCNC(=O)[C@H]1C(=O)NC[C@H]1c1ccccc1. The molecule has 1 saturated heterocycles. The number of hydrogen-bond donors (Lipinski definition) is 2. The molecule has 1 aromatic carbocycles. The Morgan fingerprint density at radius 2 is 1.83 bits per heavy atom. The second kappa shape index (κ2) is 9.33. The summed E-state index contributed by atoms with van der Waals surface area (Å²) in [5.41, 5.74) is 1.05. The van der Waals surface area contributed by atoms with Gasteiger partial charge in [0.2, 0.25) is 11.8 Å². The van der Waals surface area contributed by atoms with Crippen molar-refractivity contribution in [1.29, 1.82) is 0 Å². The predicted molar refractivity (Wildman–Crippen MR) is 92.1 cm³/mol. The lowest BCUT2D eigenvalue weighted by atomic mass is 9.88. The molecule has 1 aliphatic rings. The van der Waals surface area contributed by atoms with Crippen LogP contribution in [0.4, 0.5) is 0 Å². The summed E-state index contributed by atoms with van der Waals surface area (Å²) >= 11 is 0. The Morgan fingerprint density at radius 3 is 2.57 bits per heavy atom. The first-order valence-corrected chi connectivity index (χ1v) is 8.84. The molecule has 0 aliphatic carbocycles. The maximum Gasteiger partial charge on any atom is 0.233 e. The zero-order valence-electron chi connectivity index (χ0n) is 14.0. The minimum atomic E-state index is -0.600. The highest BCUT2D eigenvalue weighted by molar-refractivity contribution is 6.03. The number of carbonyl (C=O) groups is 2. The van der Waals surface area contributed by atoms with E-state index in [1.807, 2.05) is 30.3 Å². The third kappa shape index (κ3) is 5.08. The van der Waals surface area contributed by atoms with Gasteiger partial charge in [0.15, 0.2) is 0 Å². The third-order valence-electron chi connectivity index (χ3n) is 4.52. The summed E-state index contributed by atoms with van der Waals surface area (Å²) in [6.07, 6.45) is 7.15. The fourth-order valence-electron chi connectivity index (χ4n) is 3.16. The normalized spacial score (nSPS) is 20.3. The van der Waals surface area contributed by atoms with Gasteiger partial charge in [0.25, 0.3) is 0 Å². The molecule has 0 bridgehead atoms. The van der Waals surface area contributed by atoms with E-state index in [-0.39, 0.29) is 17.7 Å². The molecule has 0 spiro atoms. The predicted octanol–water partition coefficient (Wildman–Crippen LogP) is 2.99. The molecule has 1 heterocycles. The van der Waals surface area contributed by atoms with Crippen molar-refractivity contribution in [2.75, 3.05) is 13.1 Å². The Labute approximate surface area is 139 Å². The number of benzene rings is 1. The Morgan fingerprint density at radius 1 is 1.13 bits per heavy atom. The highest BCUT2D eigenvalue weighted by atomic mass is 16.2. The summed E-state index contributed by atoms with van der Waals surface area (Å²) in [5.74, 6) is -0.951. The van der Waals surface area contributed by atoms with Gasteiger partial charge >= 0.3 is 0 Å². The van der Waals surface area contributed by atoms with Crippen LogP contribution in [0.3, 0.4) is 0 Å². The summed E-state index contributed by atoms with van der Waals surface area (Å²) in [7, 11) is 0. The molecule has 2 rings (SSSR count). The van der Waals surface area contributed by atoms with Crippen molar-refractivity contribution in [2.45, 2.75) is 51.4 Å². The molecule has 0 aromatic heterocycles. The molecule has 1 fully saturated rings. The number of amides is 2. The molecule has 1 aliphatic heterocycles. The monoisotopic (exact) mass is 316 g/mol. The first-order valence-electron chi connectivity index (χ1n) is 8.84. The largest absolute Gasteiger partial charge is 0.355 e. The number of rotatable bonds is 9. The first kappa shape index (κ1) is 17.5. The Balaban J connectivity index is 1.79. The van der Waals surface area contributed by atoms with Crippen LogP contribution in [0.2, 0.25) is 0 Å². The highest BCUT2D eigenvalue weighted by Crippen LogP contribution is 2.28. The molecule has 1 aromatic rings. The number of unbranched alkanes of at least 4 members (excludes halogenated alkanes) is 5. The zero-order valence-corrected chi connectivity index (χ0v) is 14.0. The summed E-state index contributed by atoms with van der Waals surface area (Å²) < 4.78 is 0. The molecule has 126 valence electrons. The van der Waals surface area contributed by atoms with Gasteiger partial charge in [-0.1, -0.05) is 69.4 Å². The van der Waals surface area contributed by atoms with Crippen LogP contribution in [0.15, 0.2) is 30.3 Å². The molecule has 2 atom stereocenters.